The fourth-order valence-electron chi connectivity index (χ4n) is 2.31. The molecule has 0 aromatic heterocycles. The van der Waals surface area contributed by atoms with Gasteiger partial charge < -0.3 is 14.6 Å². The molecule has 0 spiro atoms. The van der Waals surface area contributed by atoms with Crippen LogP contribution in [0, 0.1) is 0 Å². The molecule has 1 atom stereocenters. The first-order chi connectivity index (χ1) is 7.83. The number of hydrogen-bond donors (Lipinski definition) is 1. The molecule has 3 rings (SSSR count). The molecule has 1 aromatic carbocycles. The lowest BCUT2D eigenvalue weighted by atomic mass is 9.89. The SMILES string of the molecule is OC1CCCc2cc(OC3COC3)ccc21. The number of hydrogen-bond acceptors (Lipinski definition) is 3. The molecule has 0 radical (unpaired) electrons. The van der Waals surface area contributed by atoms with E-state index in [-0.39, 0.29) is 12.2 Å². The Labute approximate surface area is 95.0 Å². The molecule has 16 heavy (non-hydrogen) atoms. The van der Waals surface area contributed by atoms with Crippen molar-refractivity contribution in [2.24, 2.45) is 0 Å². The smallest absolute Gasteiger partial charge is 0.145 e. The van der Waals surface area contributed by atoms with Crippen LogP contribution in [0.1, 0.15) is 30.1 Å². The van der Waals surface area contributed by atoms with E-state index >= 15 is 0 Å². The van der Waals surface area contributed by atoms with Crippen LogP contribution in [-0.4, -0.2) is 24.4 Å². The molecule has 0 bridgehead atoms. The molecule has 1 aliphatic heterocycles. The van der Waals surface area contributed by atoms with E-state index in [2.05, 4.69) is 6.07 Å². The second kappa shape index (κ2) is 4.07. The van der Waals surface area contributed by atoms with Crippen LogP contribution in [0.5, 0.6) is 5.75 Å². The molecular weight excluding hydrogens is 204 g/mol. The van der Waals surface area contributed by atoms with Crippen LogP contribution in [0.2, 0.25) is 0 Å². The van der Waals surface area contributed by atoms with Gasteiger partial charge in [-0.05, 0) is 42.5 Å². The highest BCUT2D eigenvalue weighted by Crippen LogP contribution is 2.32. The van der Waals surface area contributed by atoms with E-state index in [9.17, 15) is 5.11 Å². The fraction of sp³-hybridized carbons (Fsp3) is 0.538. The van der Waals surface area contributed by atoms with E-state index in [0.29, 0.717) is 13.2 Å². The minimum Gasteiger partial charge on any atom is -0.486 e. The lowest BCUT2D eigenvalue weighted by Gasteiger charge is -2.28. The van der Waals surface area contributed by atoms with Crippen LogP contribution in [0.4, 0.5) is 0 Å². The maximum Gasteiger partial charge on any atom is 0.145 e. The van der Waals surface area contributed by atoms with Gasteiger partial charge in [0.05, 0.1) is 19.3 Å². The summed E-state index contributed by atoms with van der Waals surface area (Å²) in [6.45, 7) is 1.39. The lowest BCUT2D eigenvalue weighted by Crippen LogP contribution is -2.38. The molecule has 1 aliphatic carbocycles. The Bertz CT molecular complexity index is 385. The third-order valence-electron chi connectivity index (χ3n) is 3.31. The molecule has 3 heteroatoms. The predicted octanol–water partition coefficient (Wildman–Crippen LogP) is 1.83. The monoisotopic (exact) mass is 220 g/mol. The number of ether oxygens (including phenoxy) is 2. The lowest BCUT2D eigenvalue weighted by molar-refractivity contribution is -0.0797. The first kappa shape index (κ1) is 10.1. The molecule has 1 fully saturated rings. The third kappa shape index (κ3) is 1.81. The average molecular weight is 220 g/mol. The highest BCUT2D eigenvalue weighted by atomic mass is 16.6. The average Bonchev–Trinajstić information content (AvgIpc) is 2.24. The van der Waals surface area contributed by atoms with Gasteiger partial charge in [-0.1, -0.05) is 6.07 Å². The number of aliphatic hydroxyl groups excluding tert-OH is 1. The van der Waals surface area contributed by atoms with Gasteiger partial charge in [0.25, 0.3) is 0 Å². The topological polar surface area (TPSA) is 38.7 Å². The summed E-state index contributed by atoms with van der Waals surface area (Å²) in [4.78, 5) is 0. The Morgan fingerprint density at radius 3 is 2.94 bits per heavy atom. The predicted molar refractivity (Wildman–Crippen MR) is 59.6 cm³/mol. The summed E-state index contributed by atoms with van der Waals surface area (Å²) in [5.74, 6) is 0.904. The van der Waals surface area contributed by atoms with E-state index in [0.717, 1.165) is 30.6 Å². The highest BCUT2D eigenvalue weighted by Gasteiger charge is 2.22. The molecule has 2 aliphatic rings. The maximum atomic E-state index is 9.83. The van der Waals surface area contributed by atoms with Gasteiger partial charge in [0.15, 0.2) is 0 Å². The third-order valence-corrected chi connectivity index (χ3v) is 3.31. The molecule has 0 amide bonds. The van der Waals surface area contributed by atoms with Gasteiger partial charge in [0.1, 0.15) is 11.9 Å². The van der Waals surface area contributed by atoms with Crippen molar-refractivity contribution < 1.29 is 14.6 Å². The van der Waals surface area contributed by atoms with Crippen molar-refractivity contribution in [1.29, 1.82) is 0 Å². The zero-order chi connectivity index (χ0) is 11.0. The van der Waals surface area contributed by atoms with Crippen molar-refractivity contribution in [3.05, 3.63) is 29.3 Å². The van der Waals surface area contributed by atoms with E-state index in [1.165, 1.54) is 5.56 Å². The summed E-state index contributed by atoms with van der Waals surface area (Å²) in [7, 11) is 0. The van der Waals surface area contributed by atoms with Crippen molar-refractivity contribution >= 4 is 0 Å². The summed E-state index contributed by atoms with van der Waals surface area (Å²) < 4.78 is 10.8. The quantitative estimate of drug-likeness (QED) is 0.826. The number of aryl methyl sites for hydroxylation is 1. The molecule has 1 aromatic rings. The standard InChI is InChI=1S/C13H16O3/c14-13-3-1-2-9-6-10(4-5-12(9)13)16-11-7-15-8-11/h4-6,11,13-14H,1-3,7-8H2. The fourth-order valence-corrected chi connectivity index (χ4v) is 2.31. The number of aliphatic hydroxyl groups is 1. The van der Waals surface area contributed by atoms with Crippen LogP contribution in [0.25, 0.3) is 0 Å². The van der Waals surface area contributed by atoms with Crippen molar-refractivity contribution in [2.75, 3.05) is 13.2 Å². The van der Waals surface area contributed by atoms with Crippen LogP contribution in [0.3, 0.4) is 0 Å². The minimum atomic E-state index is -0.287. The molecule has 1 saturated heterocycles. The molecule has 3 nitrogen and oxygen atoms in total. The normalized spacial score (nSPS) is 24.7. The van der Waals surface area contributed by atoms with E-state index in [1.54, 1.807) is 0 Å². The van der Waals surface area contributed by atoms with Crippen LogP contribution in [-0.2, 0) is 11.2 Å². The zero-order valence-electron chi connectivity index (χ0n) is 9.19. The second-order valence-corrected chi connectivity index (χ2v) is 4.55. The highest BCUT2D eigenvalue weighted by molar-refractivity contribution is 5.38. The molecule has 1 unspecified atom stereocenters. The summed E-state index contributed by atoms with van der Waals surface area (Å²) in [5, 5.41) is 9.83. The van der Waals surface area contributed by atoms with Crippen molar-refractivity contribution in [3.63, 3.8) is 0 Å². The van der Waals surface area contributed by atoms with Crippen molar-refractivity contribution in [3.8, 4) is 5.75 Å². The molecule has 1 N–H and O–H groups in total. The number of fused-ring (bicyclic) bond motifs is 1. The Morgan fingerprint density at radius 2 is 2.19 bits per heavy atom. The van der Waals surface area contributed by atoms with Gasteiger partial charge in [-0.3, -0.25) is 0 Å². The van der Waals surface area contributed by atoms with E-state index in [4.69, 9.17) is 9.47 Å². The first-order valence-corrected chi connectivity index (χ1v) is 5.88. The van der Waals surface area contributed by atoms with Crippen molar-refractivity contribution in [2.45, 2.75) is 31.5 Å². The summed E-state index contributed by atoms with van der Waals surface area (Å²) in [6.07, 6.45) is 2.91. The largest absolute Gasteiger partial charge is 0.486 e. The summed E-state index contributed by atoms with van der Waals surface area (Å²) in [5.41, 5.74) is 2.31. The minimum absolute atomic E-state index is 0.214. The Morgan fingerprint density at radius 1 is 1.31 bits per heavy atom. The van der Waals surface area contributed by atoms with E-state index in [1.807, 2.05) is 12.1 Å². The zero-order valence-corrected chi connectivity index (χ0v) is 9.19. The molecule has 1 heterocycles. The van der Waals surface area contributed by atoms with Gasteiger partial charge in [0, 0.05) is 0 Å². The maximum absolute atomic E-state index is 9.83. The van der Waals surface area contributed by atoms with Crippen molar-refractivity contribution in [1.82, 2.24) is 0 Å². The van der Waals surface area contributed by atoms with Gasteiger partial charge in [0.2, 0.25) is 0 Å². The Balaban J connectivity index is 1.80. The summed E-state index contributed by atoms with van der Waals surface area (Å²) in [6, 6.07) is 6.01. The molecular formula is C13H16O3. The number of benzene rings is 1. The molecule has 0 saturated carbocycles. The second-order valence-electron chi connectivity index (χ2n) is 4.55. The van der Waals surface area contributed by atoms with Gasteiger partial charge in [-0.15, -0.1) is 0 Å². The van der Waals surface area contributed by atoms with E-state index < -0.39 is 0 Å². The van der Waals surface area contributed by atoms with Gasteiger partial charge >= 0.3 is 0 Å². The van der Waals surface area contributed by atoms with Gasteiger partial charge in [-0.2, -0.15) is 0 Å². The first-order valence-electron chi connectivity index (χ1n) is 5.88. The molecule has 86 valence electrons. The van der Waals surface area contributed by atoms with Crippen LogP contribution < -0.4 is 4.74 Å². The Hall–Kier alpha value is -1.06. The van der Waals surface area contributed by atoms with Crippen LogP contribution in [0.15, 0.2) is 18.2 Å². The van der Waals surface area contributed by atoms with Gasteiger partial charge in [-0.25, -0.2) is 0 Å². The van der Waals surface area contributed by atoms with Crippen LogP contribution >= 0.6 is 0 Å². The summed E-state index contributed by atoms with van der Waals surface area (Å²) >= 11 is 0. The number of rotatable bonds is 2. The Kier molecular flexibility index (Phi) is 2.58.